The van der Waals surface area contributed by atoms with Crippen molar-refractivity contribution in [1.82, 2.24) is 5.32 Å². The minimum atomic E-state index is 0. The number of nitrogens with one attached hydrogen (secondary N) is 1. The third kappa shape index (κ3) is 2.50. The topological polar surface area (TPSA) is 30.5 Å². The Kier molecular flexibility index (Phi) is 5.41. The fourth-order valence-corrected chi connectivity index (χ4v) is 2.85. The molecule has 18 heavy (non-hydrogen) atoms. The first-order valence-corrected chi connectivity index (χ1v) is 6.19. The van der Waals surface area contributed by atoms with Gasteiger partial charge in [0.15, 0.2) is 11.5 Å². The first kappa shape index (κ1) is 15.7. The van der Waals surface area contributed by atoms with E-state index in [1.54, 1.807) is 14.2 Å². The summed E-state index contributed by atoms with van der Waals surface area (Å²) >= 11 is 12.7. The van der Waals surface area contributed by atoms with Gasteiger partial charge in [-0.15, -0.1) is 12.4 Å². The van der Waals surface area contributed by atoms with Crippen LogP contribution in [-0.4, -0.2) is 20.3 Å². The lowest BCUT2D eigenvalue weighted by Crippen LogP contribution is -2.33. The molecule has 1 aromatic rings. The molecule has 1 aliphatic rings. The van der Waals surface area contributed by atoms with Gasteiger partial charge in [0, 0.05) is 12.6 Å². The minimum absolute atomic E-state index is 0. The molecule has 1 atom stereocenters. The zero-order valence-electron chi connectivity index (χ0n) is 10.5. The summed E-state index contributed by atoms with van der Waals surface area (Å²) in [6.45, 7) is 2.82. The van der Waals surface area contributed by atoms with E-state index in [1.807, 2.05) is 0 Å². The average Bonchev–Trinajstić information content (AvgIpc) is 2.33. The largest absolute Gasteiger partial charge is 0.491 e. The van der Waals surface area contributed by atoms with Gasteiger partial charge in [0.2, 0.25) is 0 Å². The molecule has 0 saturated carbocycles. The maximum atomic E-state index is 6.36. The molecule has 6 heteroatoms. The van der Waals surface area contributed by atoms with Crippen molar-refractivity contribution >= 4 is 35.6 Å². The van der Waals surface area contributed by atoms with E-state index in [4.69, 9.17) is 32.7 Å². The summed E-state index contributed by atoms with van der Waals surface area (Å²) in [7, 11) is 3.13. The van der Waals surface area contributed by atoms with Crippen LogP contribution in [0.5, 0.6) is 11.5 Å². The Morgan fingerprint density at radius 1 is 1.06 bits per heavy atom. The predicted molar refractivity (Wildman–Crippen MR) is 76.8 cm³/mol. The summed E-state index contributed by atoms with van der Waals surface area (Å²) in [6, 6.07) is 0.383. The highest BCUT2D eigenvalue weighted by molar-refractivity contribution is 6.37. The van der Waals surface area contributed by atoms with Gasteiger partial charge in [0.1, 0.15) is 0 Å². The highest BCUT2D eigenvalue weighted by Gasteiger charge is 2.27. The molecule has 0 aliphatic carbocycles. The van der Waals surface area contributed by atoms with E-state index in [9.17, 15) is 0 Å². The molecule has 3 nitrogen and oxygen atoms in total. The molecule has 102 valence electrons. The van der Waals surface area contributed by atoms with Crippen molar-refractivity contribution in [2.24, 2.45) is 0 Å². The van der Waals surface area contributed by atoms with Crippen LogP contribution in [0.2, 0.25) is 10.0 Å². The van der Waals surface area contributed by atoms with Crippen molar-refractivity contribution in [1.29, 1.82) is 0 Å². The number of methoxy groups -OCH3 is 2. The Labute approximate surface area is 123 Å². The second-order valence-electron chi connectivity index (χ2n) is 4.14. The van der Waals surface area contributed by atoms with E-state index in [-0.39, 0.29) is 12.4 Å². The van der Waals surface area contributed by atoms with Gasteiger partial charge >= 0.3 is 0 Å². The quantitative estimate of drug-likeness (QED) is 0.907. The fraction of sp³-hybridized carbons (Fsp3) is 0.500. The van der Waals surface area contributed by atoms with Gasteiger partial charge in [-0.05, 0) is 24.5 Å². The van der Waals surface area contributed by atoms with E-state index >= 15 is 0 Å². The van der Waals surface area contributed by atoms with Crippen molar-refractivity contribution in [3.8, 4) is 11.5 Å². The van der Waals surface area contributed by atoms with Crippen molar-refractivity contribution < 1.29 is 9.47 Å². The molecule has 0 spiro atoms. The van der Waals surface area contributed by atoms with Gasteiger partial charge in [0.05, 0.1) is 24.3 Å². The van der Waals surface area contributed by atoms with Crippen molar-refractivity contribution in [3.05, 3.63) is 21.2 Å². The number of rotatable bonds is 2. The summed E-state index contributed by atoms with van der Waals surface area (Å²) in [6.07, 6.45) is 0.842. The summed E-state index contributed by atoms with van der Waals surface area (Å²) in [5, 5.41) is 4.55. The van der Waals surface area contributed by atoms with Crippen molar-refractivity contribution in [3.63, 3.8) is 0 Å². The Morgan fingerprint density at radius 2 is 1.56 bits per heavy atom. The number of halogens is 3. The molecule has 1 aliphatic heterocycles. The number of fused-ring (bicyclic) bond motifs is 1. The molecule has 0 radical (unpaired) electrons. The van der Waals surface area contributed by atoms with Crippen LogP contribution in [0.25, 0.3) is 0 Å². The van der Waals surface area contributed by atoms with Gasteiger partial charge < -0.3 is 14.8 Å². The maximum Gasteiger partial charge on any atom is 0.181 e. The molecule has 1 unspecified atom stereocenters. The van der Waals surface area contributed by atoms with Crippen LogP contribution in [-0.2, 0) is 13.0 Å². The lowest BCUT2D eigenvalue weighted by atomic mass is 9.95. The molecular weight excluding hydrogens is 296 g/mol. The number of ether oxygens (including phenoxy) is 2. The summed E-state index contributed by atoms with van der Waals surface area (Å²) in [5.74, 6) is 1.03. The Morgan fingerprint density at radius 3 is 2.06 bits per heavy atom. The lowest BCUT2D eigenvalue weighted by Gasteiger charge is -2.27. The molecule has 0 saturated heterocycles. The predicted octanol–water partition coefficient (Wildman–Crippen LogP) is 3.47. The lowest BCUT2D eigenvalue weighted by molar-refractivity contribution is 0.353. The summed E-state index contributed by atoms with van der Waals surface area (Å²) in [4.78, 5) is 0. The van der Waals surface area contributed by atoms with Gasteiger partial charge in [-0.25, -0.2) is 0 Å². The first-order chi connectivity index (χ1) is 8.10. The van der Waals surface area contributed by atoms with Crippen molar-refractivity contribution in [2.45, 2.75) is 25.9 Å². The molecule has 0 bridgehead atoms. The number of hydrogen-bond acceptors (Lipinski definition) is 3. The summed E-state index contributed by atoms with van der Waals surface area (Å²) < 4.78 is 10.6. The van der Waals surface area contributed by atoms with Gasteiger partial charge in [0.25, 0.3) is 0 Å². The van der Waals surface area contributed by atoms with Gasteiger partial charge in [-0.2, -0.15) is 0 Å². The highest BCUT2D eigenvalue weighted by atomic mass is 35.5. The Bertz CT molecular complexity index is 452. The first-order valence-electron chi connectivity index (χ1n) is 5.44. The molecule has 0 amide bonds. The SMILES string of the molecule is COc1c(Cl)c2c(c(Cl)c1OC)CC(C)NC2.Cl. The average molecular weight is 313 g/mol. The van der Waals surface area contributed by atoms with E-state index in [0.717, 1.165) is 17.5 Å². The fourth-order valence-electron chi connectivity index (χ4n) is 2.15. The van der Waals surface area contributed by atoms with E-state index in [1.165, 1.54) is 0 Å². The van der Waals surface area contributed by atoms with E-state index in [2.05, 4.69) is 12.2 Å². The Hall–Kier alpha value is -0.350. The van der Waals surface area contributed by atoms with Crippen LogP contribution < -0.4 is 14.8 Å². The third-order valence-corrected chi connectivity index (χ3v) is 3.84. The monoisotopic (exact) mass is 311 g/mol. The zero-order valence-corrected chi connectivity index (χ0v) is 12.8. The smallest absolute Gasteiger partial charge is 0.181 e. The van der Waals surface area contributed by atoms with Crippen LogP contribution >= 0.6 is 35.6 Å². The van der Waals surface area contributed by atoms with Gasteiger partial charge in [-0.1, -0.05) is 23.2 Å². The van der Waals surface area contributed by atoms with Crippen LogP contribution in [0, 0.1) is 0 Å². The van der Waals surface area contributed by atoms with Crippen LogP contribution in [0.15, 0.2) is 0 Å². The number of benzene rings is 1. The molecule has 1 aromatic carbocycles. The molecule has 0 aromatic heterocycles. The van der Waals surface area contributed by atoms with E-state index < -0.39 is 0 Å². The zero-order chi connectivity index (χ0) is 12.6. The second-order valence-corrected chi connectivity index (χ2v) is 4.89. The highest BCUT2D eigenvalue weighted by Crippen LogP contribution is 2.46. The molecule has 1 heterocycles. The molecule has 2 rings (SSSR count). The normalized spacial score (nSPS) is 17.7. The Balaban J connectivity index is 0.00000162. The molecule has 0 fully saturated rings. The second kappa shape index (κ2) is 6.20. The molecule has 1 N–H and O–H groups in total. The van der Waals surface area contributed by atoms with Crippen molar-refractivity contribution in [2.75, 3.05) is 14.2 Å². The van der Waals surface area contributed by atoms with Crippen LogP contribution in [0.1, 0.15) is 18.1 Å². The van der Waals surface area contributed by atoms with E-state index in [0.29, 0.717) is 34.1 Å². The standard InChI is InChI=1S/C12H15Cl2NO2.ClH/c1-6-4-7-8(5-15-6)10(14)12(17-3)11(16-2)9(7)13;/h6,15H,4-5H2,1-3H3;1H. The number of hydrogen-bond donors (Lipinski definition) is 1. The van der Waals surface area contributed by atoms with Crippen LogP contribution in [0.4, 0.5) is 0 Å². The van der Waals surface area contributed by atoms with Gasteiger partial charge in [-0.3, -0.25) is 0 Å². The van der Waals surface area contributed by atoms with Crippen LogP contribution in [0.3, 0.4) is 0 Å². The third-order valence-electron chi connectivity index (χ3n) is 3.04. The maximum absolute atomic E-state index is 6.36. The minimum Gasteiger partial charge on any atom is -0.491 e. The summed E-state index contributed by atoms with van der Waals surface area (Å²) in [5.41, 5.74) is 2.06. The molecular formula is C12H16Cl3NO2.